The van der Waals surface area contributed by atoms with E-state index in [0.29, 0.717) is 30.9 Å². The van der Waals surface area contributed by atoms with Crippen LogP contribution in [0.3, 0.4) is 0 Å². The average molecular weight is 540 g/mol. The Morgan fingerprint density at radius 2 is 1.53 bits per heavy atom. The fourth-order valence-corrected chi connectivity index (χ4v) is 4.58. The quantitative estimate of drug-likeness (QED) is 0.369. The lowest BCUT2D eigenvalue weighted by molar-refractivity contribution is -0.143. The highest BCUT2D eigenvalue weighted by molar-refractivity contribution is 5.94. The van der Waals surface area contributed by atoms with Crippen molar-refractivity contribution in [2.45, 2.75) is 44.1 Å². The molecule has 4 rings (SSSR count). The van der Waals surface area contributed by atoms with E-state index in [-0.39, 0.29) is 24.6 Å². The van der Waals surface area contributed by atoms with Crippen molar-refractivity contribution >= 4 is 28.6 Å². The van der Waals surface area contributed by atoms with E-state index in [4.69, 9.17) is 0 Å². The van der Waals surface area contributed by atoms with Crippen LogP contribution in [0.2, 0.25) is 0 Å². The van der Waals surface area contributed by atoms with Crippen molar-refractivity contribution in [1.29, 1.82) is 0 Å². The highest BCUT2D eigenvalue weighted by Gasteiger charge is 2.37. The van der Waals surface area contributed by atoms with Crippen LogP contribution in [-0.2, 0) is 12.4 Å². The largest absolute Gasteiger partial charge is 0.416 e. The average Bonchev–Trinajstić information content (AvgIpc) is 2.86. The van der Waals surface area contributed by atoms with Gasteiger partial charge >= 0.3 is 12.4 Å². The number of carbonyl (C=O) groups is 1. The fourth-order valence-electron chi connectivity index (χ4n) is 4.58. The third-order valence-electron chi connectivity index (χ3n) is 6.59. The van der Waals surface area contributed by atoms with Gasteiger partial charge in [-0.05, 0) is 61.9 Å². The first kappa shape index (κ1) is 27.5. The SMILES string of the molecule is CN(C)c1nc(NC2CCC(CNC(=O)c3cc(C(F)(F)F)cc(C(F)(F)F)c3)CC2)nc2ccccc12. The van der Waals surface area contributed by atoms with Gasteiger partial charge in [0.15, 0.2) is 0 Å². The number of amides is 1. The minimum Gasteiger partial charge on any atom is -0.362 e. The van der Waals surface area contributed by atoms with Gasteiger partial charge in [0.2, 0.25) is 5.95 Å². The van der Waals surface area contributed by atoms with E-state index >= 15 is 0 Å². The van der Waals surface area contributed by atoms with E-state index in [1.165, 1.54) is 0 Å². The number of hydrogen-bond acceptors (Lipinski definition) is 5. The van der Waals surface area contributed by atoms with Crippen LogP contribution in [-0.4, -0.2) is 42.6 Å². The second-order valence-corrected chi connectivity index (χ2v) is 9.65. The smallest absolute Gasteiger partial charge is 0.362 e. The van der Waals surface area contributed by atoms with Gasteiger partial charge in [0.1, 0.15) is 5.82 Å². The van der Waals surface area contributed by atoms with Crippen molar-refractivity contribution in [3.05, 3.63) is 59.2 Å². The Morgan fingerprint density at radius 3 is 2.11 bits per heavy atom. The van der Waals surface area contributed by atoms with E-state index in [9.17, 15) is 31.1 Å². The number of halogens is 6. The zero-order valence-corrected chi connectivity index (χ0v) is 20.7. The van der Waals surface area contributed by atoms with Crippen LogP contribution in [0.5, 0.6) is 0 Å². The van der Waals surface area contributed by atoms with Crippen LogP contribution < -0.4 is 15.5 Å². The third kappa shape index (κ3) is 6.46. The molecule has 12 heteroatoms. The molecule has 1 aliphatic rings. The van der Waals surface area contributed by atoms with Gasteiger partial charge in [-0.25, -0.2) is 4.98 Å². The molecule has 0 spiro atoms. The van der Waals surface area contributed by atoms with Gasteiger partial charge in [0.25, 0.3) is 5.91 Å². The van der Waals surface area contributed by atoms with Crippen LogP contribution in [0.1, 0.15) is 47.2 Å². The number of rotatable bonds is 6. The Morgan fingerprint density at radius 1 is 0.921 bits per heavy atom. The standard InChI is InChI=1S/C26H27F6N5O/c1-37(2)22-20-5-3-4-6-21(20)35-24(36-22)34-19-9-7-15(8-10-19)14-33-23(38)16-11-17(25(27,28)29)13-18(12-16)26(30,31)32/h3-6,11-13,15,19H,7-10,14H2,1-2H3,(H,33,38)(H,34,35,36). The second-order valence-electron chi connectivity index (χ2n) is 9.65. The molecule has 0 unspecified atom stereocenters. The lowest BCUT2D eigenvalue weighted by Gasteiger charge is -2.29. The Bertz CT molecular complexity index is 1270. The molecule has 1 saturated carbocycles. The Kier molecular flexibility index (Phi) is 7.70. The number of benzene rings is 2. The Balaban J connectivity index is 1.36. The van der Waals surface area contributed by atoms with Crippen LogP contribution >= 0.6 is 0 Å². The lowest BCUT2D eigenvalue weighted by atomic mass is 9.86. The summed E-state index contributed by atoms with van der Waals surface area (Å²) in [4.78, 5) is 23.6. The zero-order chi connectivity index (χ0) is 27.7. The highest BCUT2D eigenvalue weighted by atomic mass is 19.4. The molecule has 1 fully saturated rings. The predicted molar refractivity (Wildman–Crippen MR) is 132 cm³/mol. The summed E-state index contributed by atoms with van der Waals surface area (Å²) in [6.45, 7) is 0.153. The number of anilines is 2. The molecule has 0 radical (unpaired) electrons. The molecule has 0 saturated heterocycles. The monoisotopic (exact) mass is 539 g/mol. The van der Waals surface area contributed by atoms with Gasteiger partial charge in [-0.3, -0.25) is 4.79 Å². The molecule has 2 aromatic carbocycles. The summed E-state index contributed by atoms with van der Waals surface area (Å²) < 4.78 is 78.5. The van der Waals surface area contributed by atoms with E-state index in [2.05, 4.69) is 20.6 Å². The van der Waals surface area contributed by atoms with Crippen molar-refractivity contribution in [2.75, 3.05) is 30.9 Å². The highest BCUT2D eigenvalue weighted by Crippen LogP contribution is 2.36. The van der Waals surface area contributed by atoms with E-state index in [0.717, 1.165) is 29.6 Å². The molecular formula is C26H27F6N5O. The maximum atomic E-state index is 13.1. The number of para-hydroxylation sites is 1. The molecule has 204 valence electrons. The maximum absolute atomic E-state index is 13.1. The minimum absolute atomic E-state index is 0.00576. The second kappa shape index (κ2) is 10.7. The van der Waals surface area contributed by atoms with Crippen molar-refractivity contribution in [2.24, 2.45) is 5.92 Å². The molecule has 38 heavy (non-hydrogen) atoms. The fraction of sp³-hybridized carbons (Fsp3) is 0.423. The summed E-state index contributed by atoms with van der Waals surface area (Å²) in [5.74, 6) is 0.370. The lowest BCUT2D eigenvalue weighted by Crippen LogP contribution is -2.34. The summed E-state index contributed by atoms with van der Waals surface area (Å²) >= 11 is 0. The van der Waals surface area contributed by atoms with Crippen molar-refractivity contribution < 1.29 is 31.1 Å². The molecule has 3 aromatic rings. The Labute approximate surface area is 215 Å². The first-order valence-electron chi connectivity index (χ1n) is 12.1. The molecule has 1 heterocycles. The summed E-state index contributed by atoms with van der Waals surface area (Å²) in [7, 11) is 3.81. The summed E-state index contributed by atoms with van der Waals surface area (Å²) in [5.41, 5.74) is -2.89. The molecule has 2 N–H and O–H groups in total. The number of nitrogens with zero attached hydrogens (tertiary/aromatic N) is 3. The van der Waals surface area contributed by atoms with Crippen LogP contribution in [0.4, 0.5) is 38.1 Å². The number of fused-ring (bicyclic) bond motifs is 1. The molecule has 6 nitrogen and oxygen atoms in total. The van der Waals surface area contributed by atoms with Crippen LogP contribution in [0.15, 0.2) is 42.5 Å². The van der Waals surface area contributed by atoms with E-state index in [1.54, 1.807) is 0 Å². The van der Waals surface area contributed by atoms with Gasteiger partial charge in [0, 0.05) is 37.6 Å². The number of aromatic nitrogens is 2. The first-order chi connectivity index (χ1) is 17.8. The van der Waals surface area contributed by atoms with Gasteiger partial charge in [-0.1, -0.05) is 12.1 Å². The van der Waals surface area contributed by atoms with Gasteiger partial charge in [-0.15, -0.1) is 0 Å². The Hall–Kier alpha value is -3.57. The maximum Gasteiger partial charge on any atom is 0.416 e. The van der Waals surface area contributed by atoms with Gasteiger partial charge < -0.3 is 15.5 Å². The van der Waals surface area contributed by atoms with Crippen molar-refractivity contribution in [1.82, 2.24) is 15.3 Å². The number of nitrogens with one attached hydrogen (secondary N) is 2. The van der Waals surface area contributed by atoms with Crippen molar-refractivity contribution in [3.63, 3.8) is 0 Å². The van der Waals surface area contributed by atoms with E-state index in [1.807, 2.05) is 43.3 Å². The van der Waals surface area contributed by atoms with E-state index < -0.39 is 35.0 Å². The summed E-state index contributed by atoms with van der Waals surface area (Å²) in [5, 5.41) is 6.81. The van der Waals surface area contributed by atoms with Crippen LogP contribution in [0, 0.1) is 5.92 Å². The van der Waals surface area contributed by atoms with Crippen LogP contribution in [0.25, 0.3) is 10.9 Å². The molecule has 0 bridgehead atoms. The molecule has 1 aromatic heterocycles. The zero-order valence-electron chi connectivity index (χ0n) is 20.7. The minimum atomic E-state index is -5.01. The predicted octanol–water partition coefficient (Wildman–Crippen LogP) is 6.13. The molecule has 1 aliphatic carbocycles. The number of hydrogen-bond donors (Lipinski definition) is 2. The van der Waals surface area contributed by atoms with Gasteiger partial charge in [-0.2, -0.15) is 31.3 Å². The normalized spacial score (nSPS) is 18.3. The van der Waals surface area contributed by atoms with Crippen molar-refractivity contribution in [3.8, 4) is 0 Å². The first-order valence-corrected chi connectivity index (χ1v) is 12.1. The topological polar surface area (TPSA) is 70.2 Å². The third-order valence-corrected chi connectivity index (χ3v) is 6.59. The summed E-state index contributed by atoms with van der Waals surface area (Å²) in [6, 6.07) is 8.68. The molecule has 1 amide bonds. The van der Waals surface area contributed by atoms with Gasteiger partial charge in [0.05, 0.1) is 16.6 Å². The molecular weight excluding hydrogens is 512 g/mol. The summed E-state index contributed by atoms with van der Waals surface area (Å²) in [6.07, 6.45) is -7.11. The number of alkyl halides is 6. The number of carbonyl (C=O) groups excluding carboxylic acids is 1. The molecule has 0 aliphatic heterocycles. The molecule has 0 atom stereocenters.